The Morgan fingerprint density at radius 1 is 1.31 bits per heavy atom. The molecule has 0 aliphatic rings. The number of anilines is 1. The van der Waals surface area contributed by atoms with Gasteiger partial charge in [-0.2, -0.15) is 0 Å². The Labute approximate surface area is 99.2 Å². The van der Waals surface area contributed by atoms with Gasteiger partial charge in [0.25, 0.3) is 5.91 Å². The van der Waals surface area contributed by atoms with Crippen LogP contribution in [-0.4, -0.2) is 36.7 Å². The first kappa shape index (κ1) is 12.5. The molecule has 0 radical (unpaired) electrons. The summed E-state index contributed by atoms with van der Waals surface area (Å²) in [5.74, 6) is -0.629. The van der Waals surface area contributed by atoms with Crippen LogP contribution in [0.15, 0.2) is 24.3 Å². The molecule has 0 saturated heterocycles. The van der Waals surface area contributed by atoms with E-state index >= 15 is 0 Å². The molecule has 0 atom stereocenters. The standard InChI is InChI=1S/C11H13ClN2O2/c1-14(2)11(16)8-5-3-4-6-9(8)13-10(15)7-12/h3-6H,7H2,1-2H3,(H,13,15). The molecular formula is C11H13ClN2O2. The lowest BCUT2D eigenvalue weighted by Crippen LogP contribution is -2.24. The van der Waals surface area contributed by atoms with Gasteiger partial charge in [-0.3, -0.25) is 9.59 Å². The average molecular weight is 241 g/mol. The molecule has 1 rings (SSSR count). The number of rotatable bonds is 3. The fourth-order valence-corrected chi connectivity index (χ4v) is 1.27. The summed E-state index contributed by atoms with van der Waals surface area (Å²) in [5.41, 5.74) is 0.929. The van der Waals surface area contributed by atoms with Gasteiger partial charge in [-0.1, -0.05) is 12.1 Å². The SMILES string of the molecule is CN(C)C(=O)c1ccccc1NC(=O)CCl. The molecule has 4 nitrogen and oxygen atoms in total. The van der Waals surface area contributed by atoms with Crippen LogP contribution in [0.25, 0.3) is 0 Å². The lowest BCUT2D eigenvalue weighted by atomic mass is 10.1. The fourth-order valence-electron chi connectivity index (χ4n) is 1.20. The summed E-state index contributed by atoms with van der Waals surface area (Å²) >= 11 is 5.39. The highest BCUT2D eigenvalue weighted by atomic mass is 35.5. The Morgan fingerprint density at radius 3 is 2.50 bits per heavy atom. The molecule has 0 fully saturated rings. The molecule has 1 aromatic carbocycles. The van der Waals surface area contributed by atoms with Crippen molar-refractivity contribution in [2.24, 2.45) is 0 Å². The molecule has 0 heterocycles. The highest BCUT2D eigenvalue weighted by Gasteiger charge is 2.13. The molecule has 1 N–H and O–H groups in total. The minimum absolute atomic E-state index is 0.134. The van der Waals surface area contributed by atoms with Crippen molar-refractivity contribution in [2.75, 3.05) is 25.3 Å². The van der Waals surface area contributed by atoms with Crippen molar-refractivity contribution in [3.05, 3.63) is 29.8 Å². The zero-order valence-electron chi connectivity index (χ0n) is 9.16. The van der Waals surface area contributed by atoms with Crippen molar-refractivity contribution in [1.29, 1.82) is 0 Å². The maximum atomic E-state index is 11.8. The van der Waals surface area contributed by atoms with Gasteiger partial charge < -0.3 is 10.2 Å². The van der Waals surface area contributed by atoms with Gasteiger partial charge in [-0.15, -0.1) is 11.6 Å². The van der Waals surface area contributed by atoms with E-state index in [0.29, 0.717) is 11.3 Å². The number of carbonyl (C=O) groups excluding carboxylic acids is 2. The van der Waals surface area contributed by atoms with E-state index in [0.717, 1.165) is 0 Å². The summed E-state index contributed by atoms with van der Waals surface area (Å²) < 4.78 is 0. The van der Waals surface area contributed by atoms with Crippen LogP contribution in [0.4, 0.5) is 5.69 Å². The summed E-state index contributed by atoms with van der Waals surface area (Å²) in [6.07, 6.45) is 0. The predicted molar refractivity (Wildman–Crippen MR) is 63.8 cm³/mol. The lowest BCUT2D eigenvalue weighted by molar-refractivity contribution is -0.113. The molecule has 2 amide bonds. The molecule has 0 bridgehead atoms. The van der Waals surface area contributed by atoms with Crippen LogP contribution in [0.1, 0.15) is 10.4 Å². The third kappa shape index (κ3) is 2.97. The average Bonchev–Trinajstić information content (AvgIpc) is 2.28. The van der Waals surface area contributed by atoms with Crippen molar-refractivity contribution >= 4 is 29.1 Å². The number of carbonyl (C=O) groups is 2. The summed E-state index contributed by atoms with van der Waals surface area (Å²) in [6.45, 7) is 0. The first-order chi connectivity index (χ1) is 7.56. The van der Waals surface area contributed by atoms with E-state index in [1.54, 1.807) is 38.4 Å². The van der Waals surface area contributed by atoms with Crippen LogP contribution >= 0.6 is 11.6 Å². The van der Waals surface area contributed by atoms with Gasteiger partial charge in [0.1, 0.15) is 5.88 Å². The van der Waals surface area contributed by atoms with Gasteiger partial charge in [0.15, 0.2) is 0 Å². The molecule has 0 aliphatic heterocycles. The Morgan fingerprint density at radius 2 is 1.94 bits per heavy atom. The van der Waals surface area contributed by atoms with Gasteiger partial charge in [0, 0.05) is 14.1 Å². The van der Waals surface area contributed by atoms with Gasteiger partial charge in [-0.25, -0.2) is 0 Å². The van der Waals surface area contributed by atoms with E-state index in [1.165, 1.54) is 4.90 Å². The molecule has 0 unspecified atom stereocenters. The third-order valence-corrected chi connectivity index (χ3v) is 2.20. The van der Waals surface area contributed by atoms with Crippen LogP contribution in [0.5, 0.6) is 0 Å². The molecule has 5 heteroatoms. The first-order valence-corrected chi connectivity index (χ1v) is 5.26. The number of amides is 2. The fraction of sp³-hybridized carbons (Fsp3) is 0.273. The number of nitrogens with zero attached hydrogens (tertiary/aromatic N) is 1. The summed E-state index contributed by atoms with van der Waals surface area (Å²) in [7, 11) is 3.31. The number of halogens is 1. The number of nitrogens with one attached hydrogen (secondary N) is 1. The van der Waals surface area contributed by atoms with E-state index in [2.05, 4.69) is 5.32 Å². The zero-order chi connectivity index (χ0) is 12.1. The second kappa shape index (κ2) is 5.51. The highest BCUT2D eigenvalue weighted by molar-refractivity contribution is 6.29. The maximum absolute atomic E-state index is 11.8. The molecule has 0 saturated carbocycles. The van der Waals surface area contributed by atoms with E-state index < -0.39 is 0 Å². The van der Waals surface area contributed by atoms with E-state index in [9.17, 15) is 9.59 Å². The molecule has 16 heavy (non-hydrogen) atoms. The Kier molecular flexibility index (Phi) is 4.31. The van der Waals surface area contributed by atoms with Crippen molar-refractivity contribution in [3.63, 3.8) is 0 Å². The quantitative estimate of drug-likeness (QED) is 0.816. The largest absolute Gasteiger partial charge is 0.345 e. The van der Waals surface area contributed by atoms with Gasteiger partial charge >= 0.3 is 0 Å². The number of alkyl halides is 1. The second-order valence-corrected chi connectivity index (χ2v) is 3.69. The van der Waals surface area contributed by atoms with E-state index in [-0.39, 0.29) is 17.7 Å². The first-order valence-electron chi connectivity index (χ1n) is 4.72. The van der Waals surface area contributed by atoms with Crippen molar-refractivity contribution in [1.82, 2.24) is 4.90 Å². The number of hydrogen-bond acceptors (Lipinski definition) is 2. The summed E-state index contributed by atoms with van der Waals surface area (Å²) in [5, 5.41) is 2.58. The van der Waals surface area contributed by atoms with Gasteiger partial charge in [0.05, 0.1) is 11.3 Å². The van der Waals surface area contributed by atoms with Gasteiger partial charge in [-0.05, 0) is 12.1 Å². The Bertz CT molecular complexity index is 405. The molecule has 86 valence electrons. The number of benzene rings is 1. The smallest absolute Gasteiger partial charge is 0.255 e. The van der Waals surface area contributed by atoms with E-state index in [4.69, 9.17) is 11.6 Å². The normalized spacial score (nSPS) is 9.69. The monoisotopic (exact) mass is 240 g/mol. The van der Waals surface area contributed by atoms with E-state index in [1.807, 2.05) is 0 Å². The minimum Gasteiger partial charge on any atom is -0.345 e. The predicted octanol–water partition coefficient (Wildman–Crippen LogP) is 1.57. The van der Waals surface area contributed by atoms with Crippen molar-refractivity contribution in [3.8, 4) is 0 Å². The number of para-hydroxylation sites is 1. The van der Waals surface area contributed by atoms with Crippen LogP contribution in [0.3, 0.4) is 0 Å². The Hall–Kier alpha value is -1.55. The molecule has 0 spiro atoms. The maximum Gasteiger partial charge on any atom is 0.255 e. The van der Waals surface area contributed by atoms with Crippen LogP contribution in [0, 0.1) is 0 Å². The summed E-state index contributed by atoms with van der Waals surface area (Å²) in [6, 6.07) is 6.82. The topological polar surface area (TPSA) is 49.4 Å². The third-order valence-electron chi connectivity index (χ3n) is 1.96. The van der Waals surface area contributed by atoms with Crippen molar-refractivity contribution < 1.29 is 9.59 Å². The van der Waals surface area contributed by atoms with Crippen LogP contribution in [-0.2, 0) is 4.79 Å². The number of hydrogen-bond donors (Lipinski definition) is 1. The van der Waals surface area contributed by atoms with Gasteiger partial charge in [0.2, 0.25) is 5.91 Å². The molecule has 0 aliphatic carbocycles. The molecular weight excluding hydrogens is 228 g/mol. The van der Waals surface area contributed by atoms with Crippen LogP contribution < -0.4 is 5.32 Å². The van der Waals surface area contributed by atoms with Crippen molar-refractivity contribution in [2.45, 2.75) is 0 Å². The lowest BCUT2D eigenvalue weighted by Gasteiger charge is -2.14. The molecule has 1 aromatic rings. The second-order valence-electron chi connectivity index (χ2n) is 3.43. The Balaban J connectivity index is 3.00. The highest BCUT2D eigenvalue weighted by Crippen LogP contribution is 2.16. The zero-order valence-corrected chi connectivity index (χ0v) is 9.91. The molecule has 0 aromatic heterocycles. The van der Waals surface area contributed by atoms with Crippen LogP contribution in [0.2, 0.25) is 0 Å². The summed E-state index contributed by atoms with van der Waals surface area (Å²) in [4.78, 5) is 24.4. The minimum atomic E-state index is -0.333.